The van der Waals surface area contributed by atoms with E-state index in [9.17, 15) is 19.7 Å². The number of carbonyl (C=O) groups excluding carboxylic acids is 1. The van der Waals surface area contributed by atoms with Crippen molar-refractivity contribution in [3.8, 4) is 28.6 Å². The Morgan fingerprint density at radius 1 is 1.07 bits per heavy atom. The van der Waals surface area contributed by atoms with E-state index < -0.39 is 22.5 Å². The lowest BCUT2D eigenvalue weighted by Crippen LogP contribution is -2.40. The van der Waals surface area contributed by atoms with Crippen molar-refractivity contribution in [1.29, 1.82) is 0 Å². The summed E-state index contributed by atoms with van der Waals surface area (Å²) in [4.78, 5) is 44.0. The summed E-state index contributed by atoms with van der Waals surface area (Å²) in [6, 6.07) is 11.9. The number of aromatic nitrogens is 1. The van der Waals surface area contributed by atoms with E-state index in [0.29, 0.717) is 51.9 Å². The van der Waals surface area contributed by atoms with Crippen molar-refractivity contribution in [1.82, 2.24) is 4.57 Å². The van der Waals surface area contributed by atoms with Gasteiger partial charge < -0.3 is 23.4 Å². The Kier molecular flexibility index (Phi) is 9.18. The first kappa shape index (κ1) is 31.3. The van der Waals surface area contributed by atoms with Gasteiger partial charge in [0.05, 0.1) is 60.3 Å². The van der Waals surface area contributed by atoms with Gasteiger partial charge in [0.1, 0.15) is 34.8 Å². The molecule has 2 aromatic carbocycles. The van der Waals surface area contributed by atoms with Gasteiger partial charge in [0, 0.05) is 11.6 Å². The summed E-state index contributed by atoms with van der Waals surface area (Å²) in [5, 5.41) is 11.7. The fourth-order valence-corrected chi connectivity index (χ4v) is 6.17. The third kappa shape index (κ3) is 5.98. The number of hydrogen-bond donors (Lipinski definition) is 0. The van der Waals surface area contributed by atoms with E-state index in [1.165, 1.54) is 32.0 Å². The van der Waals surface area contributed by atoms with Crippen LogP contribution in [0.3, 0.4) is 0 Å². The fourth-order valence-electron chi connectivity index (χ4n) is 5.17. The number of carbonyl (C=O) groups is 1. The van der Waals surface area contributed by atoms with Crippen LogP contribution in [-0.4, -0.2) is 43.4 Å². The predicted molar refractivity (Wildman–Crippen MR) is 167 cm³/mol. The SMILES string of the molecule is CCCC1=C(C(=O)OCC)[C@@H](c2cc(OC)ccc2OC)n2c(s/c(=C\c3ccc(-c4ccc(OC)cc4[N+](=O)[O-])o3)c2=O)=N1. The van der Waals surface area contributed by atoms with Crippen molar-refractivity contribution in [2.24, 2.45) is 4.99 Å². The van der Waals surface area contributed by atoms with Gasteiger partial charge in [0.2, 0.25) is 0 Å². The van der Waals surface area contributed by atoms with E-state index in [2.05, 4.69) is 0 Å². The summed E-state index contributed by atoms with van der Waals surface area (Å²) in [6.07, 6.45) is 2.73. The highest BCUT2D eigenvalue weighted by Crippen LogP contribution is 2.39. The van der Waals surface area contributed by atoms with Gasteiger partial charge in [-0.05, 0) is 55.8 Å². The number of furan rings is 1. The third-order valence-electron chi connectivity index (χ3n) is 7.19. The number of nitro groups is 1. The molecule has 0 N–H and O–H groups in total. The highest BCUT2D eigenvalue weighted by atomic mass is 32.1. The number of methoxy groups -OCH3 is 3. The maximum Gasteiger partial charge on any atom is 0.338 e. The second-order valence-electron chi connectivity index (χ2n) is 9.86. The standard InChI is InChI=1S/C32H31N3O9S/c1-6-8-23-28(31(37)43-7-2)29(22-15-18(40-3)10-13-25(22)42-5)34-30(36)27(45-32(34)33-23)17-20-11-14-26(44-20)21-12-9-19(41-4)16-24(21)35(38)39/h9-17,29H,6-8H2,1-5H3/b27-17-/t29-/m1/s1. The van der Waals surface area contributed by atoms with Crippen LogP contribution < -0.4 is 29.1 Å². The zero-order valence-corrected chi connectivity index (χ0v) is 26.1. The number of nitrogens with zero attached hydrogens (tertiary/aromatic N) is 3. The molecule has 0 fully saturated rings. The highest BCUT2D eigenvalue weighted by molar-refractivity contribution is 7.07. The molecular weight excluding hydrogens is 602 g/mol. The number of allylic oxidation sites excluding steroid dienone is 1. The molecule has 45 heavy (non-hydrogen) atoms. The Balaban J connectivity index is 1.70. The molecule has 0 unspecified atom stereocenters. The van der Waals surface area contributed by atoms with Crippen LogP contribution in [0.25, 0.3) is 17.4 Å². The van der Waals surface area contributed by atoms with E-state index >= 15 is 0 Å². The van der Waals surface area contributed by atoms with E-state index in [1.807, 2.05) is 6.92 Å². The molecule has 1 atom stereocenters. The van der Waals surface area contributed by atoms with Crippen LogP contribution >= 0.6 is 11.3 Å². The molecule has 234 valence electrons. The summed E-state index contributed by atoms with van der Waals surface area (Å²) in [5.41, 5.74) is 0.955. The zero-order valence-electron chi connectivity index (χ0n) is 25.3. The lowest BCUT2D eigenvalue weighted by Gasteiger charge is -2.27. The van der Waals surface area contributed by atoms with Gasteiger partial charge in [-0.2, -0.15) is 0 Å². The molecule has 0 amide bonds. The molecule has 13 heteroatoms. The summed E-state index contributed by atoms with van der Waals surface area (Å²) >= 11 is 1.14. The Morgan fingerprint density at radius 2 is 1.80 bits per heavy atom. The van der Waals surface area contributed by atoms with Crippen molar-refractivity contribution in [3.63, 3.8) is 0 Å². The lowest BCUT2D eigenvalue weighted by atomic mass is 9.93. The van der Waals surface area contributed by atoms with Gasteiger partial charge in [-0.25, -0.2) is 9.79 Å². The Labute approximate surface area is 261 Å². The summed E-state index contributed by atoms with van der Waals surface area (Å²) in [6.45, 7) is 3.83. The number of esters is 1. The molecule has 0 bridgehead atoms. The molecule has 3 heterocycles. The molecule has 12 nitrogen and oxygen atoms in total. The molecular formula is C32H31N3O9S. The molecule has 1 aliphatic rings. The van der Waals surface area contributed by atoms with Crippen LogP contribution in [0, 0.1) is 10.1 Å². The third-order valence-corrected chi connectivity index (χ3v) is 8.17. The maximum absolute atomic E-state index is 14.1. The van der Waals surface area contributed by atoms with Crippen LogP contribution in [0.5, 0.6) is 17.2 Å². The first-order chi connectivity index (χ1) is 21.7. The summed E-state index contributed by atoms with van der Waals surface area (Å²) < 4.78 is 29.4. The molecule has 0 saturated carbocycles. The van der Waals surface area contributed by atoms with Gasteiger partial charge in [0.15, 0.2) is 4.80 Å². The normalized spacial score (nSPS) is 14.5. The van der Waals surface area contributed by atoms with Crippen LogP contribution in [0.4, 0.5) is 5.69 Å². The number of nitro benzene ring substituents is 1. The molecule has 1 aliphatic heterocycles. The lowest BCUT2D eigenvalue weighted by molar-refractivity contribution is -0.384. The van der Waals surface area contributed by atoms with Crippen molar-refractivity contribution >= 4 is 29.1 Å². The Bertz CT molecular complexity index is 1990. The van der Waals surface area contributed by atoms with Crippen molar-refractivity contribution in [2.75, 3.05) is 27.9 Å². The molecule has 5 rings (SSSR count). The van der Waals surface area contributed by atoms with Crippen molar-refractivity contribution in [3.05, 3.63) is 101 Å². The van der Waals surface area contributed by atoms with E-state index in [1.54, 1.807) is 55.5 Å². The van der Waals surface area contributed by atoms with E-state index in [0.717, 1.165) is 11.3 Å². The fraction of sp³-hybridized carbons (Fsp3) is 0.281. The molecule has 0 spiro atoms. The minimum Gasteiger partial charge on any atom is -0.497 e. The summed E-state index contributed by atoms with van der Waals surface area (Å²) in [7, 11) is 4.46. The smallest absolute Gasteiger partial charge is 0.338 e. The monoisotopic (exact) mass is 633 g/mol. The number of hydrogen-bond acceptors (Lipinski definition) is 11. The van der Waals surface area contributed by atoms with Crippen LogP contribution in [0.15, 0.2) is 74.0 Å². The maximum atomic E-state index is 14.1. The minimum atomic E-state index is -0.914. The van der Waals surface area contributed by atoms with Gasteiger partial charge >= 0.3 is 5.97 Å². The van der Waals surface area contributed by atoms with Crippen molar-refractivity contribution in [2.45, 2.75) is 32.7 Å². The van der Waals surface area contributed by atoms with Crippen LogP contribution in [0.2, 0.25) is 0 Å². The van der Waals surface area contributed by atoms with Gasteiger partial charge in [-0.15, -0.1) is 0 Å². The predicted octanol–water partition coefficient (Wildman–Crippen LogP) is 4.77. The number of benzene rings is 2. The topological polar surface area (TPSA) is 145 Å². The van der Waals surface area contributed by atoms with Crippen LogP contribution in [0.1, 0.15) is 44.1 Å². The van der Waals surface area contributed by atoms with Crippen molar-refractivity contribution < 1.29 is 33.1 Å². The van der Waals surface area contributed by atoms with Gasteiger partial charge in [-0.1, -0.05) is 24.7 Å². The Morgan fingerprint density at radius 3 is 2.47 bits per heavy atom. The van der Waals surface area contributed by atoms with Gasteiger partial charge in [-0.3, -0.25) is 19.5 Å². The number of rotatable bonds is 11. The Hall–Kier alpha value is -5.17. The highest BCUT2D eigenvalue weighted by Gasteiger charge is 2.36. The molecule has 2 aromatic heterocycles. The zero-order chi connectivity index (χ0) is 32.2. The largest absolute Gasteiger partial charge is 0.497 e. The number of thiazole rings is 1. The van der Waals surface area contributed by atoms with E-state index in [-0.39, 0.29) is 33.7 Å². The van der Waals surface area contributed by atoms with Gasteiger partial charge in [0.25, 0.3) is 11.2 Å². The average Bonchev–Trinajstić information content (AvgIpc) is 3.63. The minimum absolute atomic E-state index is 0.140. The van der Waals surface area contributed by atoms with Crippen LogP contribution in [-0.2, 0) is 9.53 Å². The number of ether oxygens (including phenoxy) is 4. The average molecular weight is 634 g/mol. The molecule has 4 aromatic rings. The molecule has 0 saturated heterocycles. The number of fused-ring (bicyclic) bond motifs is 1. The second-order valence-corrected chi connectivity index (χ2v) is 10.9. The second kappa shape index (κ2) is 13.2. The quantitative estimate of drug-likeness (QED) is 0.130. The van der Waals surface area contributed by atoms with E-state index in [4.69, 9.17) is 28.4 Å². The molecule has 0 aliphatic carbocycles. The first-order valence-corrected chi connectivity index (χ1v) is 14.9. The summed E-state index contributed by atoms with van der Waals surface area (Å²) in [5.74, 6) is 1.27. The molecule has 0 radical (unpaired) electrons. The first-order valence-electron chi connectivity index (χ1n) is 14.1.